The smallest absolute Gasteiger partial charge is 0.256 e. The van der Waals surface area contributed by atoms with Crippen molar-refractivity contribution < 1.29 is 4.42 Å². The van der Waals surface area contributed by atoms with Gasteiger partial charge in [-0.1, -0.05) is 42.4 Å². The Hall–Kier alpha value is -1.26. The minimum Gasteiger partial charge on any atom is -0.437 e. The number of hydrogen-bond donors (Lipinski definition) is 1. The number of rotatable bonds is 6. The van der Waals surface area contributed by atoms with Crippen molar-refractivity contribution >= 4 is 11.8 Å². The molecule has 21 heavy (non-hydrogen) atoms. The van der Waals surface area contributed by atoms with Gasteiger partial charge in [-0.05, 0) is 45.4 Å². The third kappa shape index (κ3) is 4.11. The number of nitrogens with one attached hydrogen (secondary N) is 1. The van der Waals surface area contributed by atoms with Gasteiger partial charge in [0.05, 0.1) is 5.69 Å². The second-order valence-electron chi connectivity index (χ2n) is 5.40. The fourth-order valence-corrected chi connectivity index (χ4v) is 3.29. The second kappa shape index (κ2) is 7.14. The van der Waals surface area contributed by atoms with E-state index in [-0.39, 0.29) is 0 Å². The van der Waals surface area contributed by atoms with Gasteiger partial charge in [-0.15, -0.1) is 0 Å². The molecular formula is C17H24N2OS. The van der Waals surface area contributed by atoms with E-state index in [2.05, 4.69) is 49.3 Å². The molecule has 0 fully saturated rings. The van der Waals surface area contributed by atoms with Gasteiger partial charge < -0.3 is 9.73 Å². The maximum absolute atomic E-state index is 5.66. The minimum absolute atomic E-state index is 0.312. The molecule has 1 heterocycles. The van der Waals surface area contributed by atoms with Gasteiger partial charge in [0.2, 0.25) is 0 Å². The molecule has 0 saturated carbocycles. The molecule has 0 saturated heterocycles. The first-order valence-corrected chi connectivity index (χ1v) is 8.37. The maximum Gasteiger partial charge on any atom is 0.256 e. The number of aromatic nitrogens is 1. The van der Waals surface area contributed by atoms with E-state index < -0.39 is 0 Å². The van der Waals surface area contributed by atoms with Crippen molar-refractivity contribution in [3.8, 4) is 0 Å². The molecule has 3 nitrogen and oxygen atoms in total. The maximum atomic E-state index is 5.66. The molecule has 1 atom stereocenters. The fraction of sp³-hybridized carbons (Fsp3) is 0.471. The van der Waals surface area contributed by atoms with Gasteiger partial charge in [-0.25, -0.2) is 4.98 Å². The third-order valence-electron chi connectivity index (χ3n) is 3.64. The van der Waals surface area contributed by atoms with Crippen LogP contribution in [0.25, 0.3) is 0 Å². The molecule has 1 aromatic carbocycles. The number of benzene rings is 1. The van der Waals surface area contributed by atoms with Crippen molar-refractivity contribution in [3.63, 3.8) is 0 Å². The highest BCUT2D eigenvalue weighted by molar-refractivity contribution is 7.99. The van der Waals surface area contributed by atoms with Crippen LogP contribution in [-0.2, 0) is 0 Å². The highest BCUT2D eigenvalue weighted by Gasteiger charge is 2.15. The van der Waals surface area contributed by atoms with E-state index in [1.54, 1.807) is 11.8 Å². The van der Waals surface area contributed by atoms with Gasteiger partial charge in [0.25, 0.3) is 5.22 Å². The molecule has 114 valence electrons. The summed E-state index contributed by atoms with van der Waals surface area (Å²) in [5, 5.41) is 4.33. The van der Waals surface area contributed by atoms with E-state index in [1.165, 1.54) is 16.7 Å². The summed E-state index contributed by atoms with van der Waals surface area (Å²) in [5.74, 6) is 1.82. The molecule has 0 radical (unpaired) electrons. The monoisotopic (exact) mass is 304 g/mol. The molecule has 1 aromatic heterocycles. The van der Waals surface area contributed by atoms with E-state index >= 15 is 0 Å². The molecule has 0 aliphatic carbocycles. The van der Waals surface area contributed by atoms with Crippen molar-refractivity contribution in [2.75, 3.05) is 12.3 Å². The lowest BCUT2D eigenvalue weighted by molar-refractivity contribution is 0.430. The molecule has 0 aliphatic heterocycles. The van der Waals surface area contributed by atoms with Crippen LogP contribution in [0.1, 0.15) is 41.1 Å². The summed E-state index contributed by atoms with van der Waals surface area (Å²) in [6.07, 6.45) is 0. The second-order valence-corrected chi connectivity index (χ2v) is 6.37. The molecule has 1 N–H and O–H groups in total. The Kier molecular flexibility index (Phi) is 5.48. The highest BCUT2D eigenvalue weighted by atomic mass is 32.2. The van der Waals surface area contributed by atoms with Crippen LogP contribution >= 0.6 is 11.8 Å². The summed E-state index contributed by atoms with van der Waals surface area (Å²) in [5.41, 5.74) is 4.96. The summed E-state index contributed by atoms with van der Waals surface area (Å²) in [4.78, 5) is 4.44. The zero-order valence-electron chi connectivity index (χ0n) is 13.5. The number of aryl methyl sites for hydroxylation is 4. The fourth-order valence-electron chi connectivity index (χ4n) is 2.30. The van der Waals surface area contributed by atoms with E-state index in [9.17, 15) is 0 Å². The first-order valence-electron chi connectivity index (χ1n) is 7.38. The Bertz CT molecular complexity index is 587. The number of nitrogens with zero attached hydrogens (tertiary/aromatic N) is 1. The Morgan fingerprint density at radius 2 is 2.00 bits per heavy atom. The summed E-state index contributed by atoms with van der Waals surface area (Å²) < 4.78 is 5.66. The van der Waals surface area contributed by atoms with Crippen LogP contribution < -0.4 is 5.32 Å². The number of oxazole rings is 1. The van der Waals surface area contributed by atoms with Gasteiger partial charge in [0.15, 0.2) is 0 Å². The summed E-state index contributed by atoms with van der Waals surface area (Å²) in [7, 11) is 0. The first kappa shape index (κ1) is 16.1. The number of thioether (sulfide) groups is 1. The van der Waals surface area contributed by atoms with Gasteiger partial charge in [-0.2, -0.15) is 0 Å². The summed E-state index contributed by atoms with van der Waals surface area (Å²) in [6, 6.07) is 6.94. The third-order valence-corrected chi connectivity index (χ3v) is 4.56. The van der Waals surface area contributed by atoms with Gasteiger partial charge in [-0.3, -0.25) is 0 Å². The molecular weight excluding hydrogens is 280 g/mol. The van der Waals surface area contributed by atoms with Gasteiger partial charge >= 0.3 is 0 Å². The topological polar surface area (TPSA) is 38.1 Å². The van der Waals surface area contributed by atoms with Crippen LogP contribution in [0, 0.1) is 27.7 Å². The average Bonchev–Trinajstić information content (AvgIpc) is 2.77. The van der Waals surface area contributed by atoms with E-state index in [1.807, 2.05) is 13.8 Å². The molecule has 0 bridgehead atoms. The lowest BCUT2D eigenvalue weighted by Crippen LogP contribution is -2.23. The lowest BCUT2D eigenvalue weighted by atomic mass is 10.00. The van der Waals surface area contributed by atoms with Crippen molar-refractivity contribution in [1.82, 2.24) is 10.3 Å². The Balaban J connectivity index is 2.13. The quantitative estimate of drug-likeness (QED) is 0.805. The van der Waals surface area contributed by atoms with Crippen LogP contribution in [0.4, 0.5) is 0 Å². The predicted molar refractivity (Wildman–Crippen MR) is 89.0 cm³/mol. The van der Waals surface area contributed by atoms with Gasteiger partial charge in [0, 0.05) is 11.8 Å². The number of hydrogen-bond acceptors (Lipinski definition) is 4. The average molecular weight is 304 g/mol. The zero-order valence-corrected chi connectivity index (χ0v) is 14.3. The van der Waals surface area contributed by atoms with E-state index in [0.29, 0.717) is 6.04 Å². The molecule has 0 aliphatic rings. The van der Waals surface area contributed by atoms with Crippen LogP contribution in [0.3, 0.4) is 0 Å². The van der Waals surface area contributed by atoms with Crippen LogP contribution in [-0.4, -0.2) is 17.3 Å². The standard InChI is InChI=1S/C17H24N2OS/c1-6-18-16(15-9-11(2)7-8-12(15)3)10-21-17-19-13(4)14(5)20-17/h7-9,16,18H,6,10H2,1-5H3. The molecule has 1 unspecified atom stereocenters. The van der Waals surface area contributed by atoms with Crippen molar-refractivity contribution in [1.29, 1.82) is 0 Å². The van der Waals surface area contributed by atoms with E-state index in [4.69, 9.17) is 4.42 Å². The molecule has 2 rings (SSSR count). The zero-order chi connectivity index (χ0) is 15.4. The highest BCUT2D eigenvalue weighted by Crippen LogP contribution is 2.27. The largest absolute Gasteiger partial charge is 0.437 e. The SMILES string of the molecule is CCNC(CSc1nc(C)c(C)o1)c1cc(C)ccc1C. The van der Waals surface area contributed by atoms with Crippen LogP contribution in [0.2, 0.25) is 0 Å². The van der Waals surface area contributed by atoms with Crippen molar-refractivity contribution in [2.45, 2.75) is 45.9 Å². The Morgan fingerprint density at radius 1 is 1.24 bits per heavy atom. The van der Waals surface area contributed by atoms with Gasteiger partial charge in [0.1, 0.15) is 5.76 Å². The molecule has 4 heteroatoms. The van der Waals surface area contributed by atoms with Crippen molar-refractivity contribution in [3.05, 3.63) is 46.3 Å². The van der Waals surface area contributed by atoms with Crippen molar-refractivity contribution in [2.24, 2.45) is 0 Å². The van der Waals surface area contributed by atoms with Crippen LogP contribution in [0.5, 0.6) is 0 Å². The molecule has 0 amide bonds. The predicted octanol–water partition coefficient (Wildman–Crippen LogP) is 4.35. The van der Waals surface area contributed by atoms with E-state index in [0.717, 1.165) is 29.0 Å². The minimum atomic E-state index is 0.312. The Labute approximate surface area is 131 Å². The molecule has 2 aromatic rings. The lowest BCUT2D eigenvalue weighted by Gasteiger charge is -2.20. The summed E-state index contributed by atoms with van der Waals surface area (Å²) in [6.45, 7) is 11.3. The van der Waals surface area contributed by atoms with Crippen LogP contribution in [0.15, 0.2) is 27.8 Å². The summed E-state index contributed by atoms with van der Waals surface area (Å²) >= 11 is 1.67. The Morgan fingerprint density at radius 3 is 2.62 bits per heavy atom. The molecule has 0 spiro atoms. The normalized spacial score (nSPS) is 12.6. The first-order chi connectivity index (χ1) is 10.0.